The molecule has 1 aromatic carbocycles. The number of carbonyl (C=O) groups excluding carboxylic acids is 1. The van der Waals surface area contributed by atoms with Gasteiger partial charge in [-0.2, -0.15) is 0 Å². The number of aryl methyl sites for hydroxylation is 2. The molecule has 0 bridgehead atoms. The van der Waals surface area contributed by atoms with Crippen molar-refractivity contribution in [1.29, 1.82) is 0 Å². The summed E-state index contributed by atoms with van der Waals surface area (Å²) in [7, 11) is 1.65. The lowest BCUT2D eigenvalue weighted by Crippen LogP contribution is -2.30. The first-order valence-corrected chi connectivity index (χ1v) is 6.83. The molecule has 19 heavy (non-hydrogen) atoms. The largest absolute Gasteiger partial charge is 0.383 e. The second kappa shape index (κ2) is 8.67. The number of nitrogens with one attached hydrogen (secondary N) is 2. The number of rotatable bonds is 8. The number of para-hydroxylation sites is 1. The standard InChI is InChI=1S/C15H24N2O2/c1-4-12-7-6-8-13(5-2)15(12)17-14(18)11-16-9-10-19-3/h6-8,16H,4-5,9-11H2,1-3H3,(H,17,18). The maximum absolute atomic E-state index is 11.9. The number of hydrogen-bond donors (Lipinski definition) is 2. The molecule has 4 nitrogen and oxygen atoms in total. The summed E-state index contributed by atoms with van der Waals surface area (Å²) in [6.45, 7) is 5.80. The van der Waals surface area contributed by atoms with E-state index in [0.717, 1.165) is 18.5 Å². The minimum atomic E-state index is -0.00768. The number of methoxy groups -OCH3 is 1. The Hall–Kier alpha value is -1.39. The van der Waals surface area contributed by atoms with Crippen molar-refractivity contribution in [2.24, 2.45) is 0 Å². The highest BCUT2D eigenvalue weighted by molar-refractivity contribution is 5.93. The van der Waals surface area contributed by atoms with E-state index in [2.05, 4.69) is 36.6 Å². The van der Waals surface area contributed by atoms with Crippen molar-refractivity contribution >= 4 is 11.6 Å². The van der Waals surface area contributed by atoms with Gasteiger partial charge >= 0.3 is 0 Å². The summed E-state index contributed by atoms with van der Waals surface area (Å²) in [4.78, 5) is 11.9. The van der Waals surface area contributed by atoms with E-state index in [1.807, 2.05) is 6.07 Å². The summed E-state index contributed by atoms with van der Waals surface area (Å²) in [5.41, 5.74) is 3.35. The number of ether oxygens (including phenoxy) is 1. The Morgan fingerprint density at radius 1 is 1.21 bits per heavy atom. The smallest absolute Gasteiger partial charge is 0.238 e. The summed E-state index contributed by atoms with van der Waals surface area (Å²) in [5, 5.41) is 6.06. The Bertz CT molecular complexity index is 383. The second-order valence-electron chi connectivity index (χ2n) is 4.38. The molecule has 0 fully saturated rings. The summed E-state index contributed by atoms with van der Waals surface area (Å²) < 4.78 is 4.92. The molecule has 0 aliphatic rings. The van der Waals surface area contributed by atoms with Gasteiger partial charge in [-0.25, -0.2) is 0 Å². The van der Waals surface area contributed by atoms with Crippen LogP contribution in [-0.4, -0.2) is 32.7 Å². The topological polar surface area (TPSA) is 50.4 Å². The first-order valence-electron chi connectivity index (χ1n) is 6.83. The van der Waals surface area contributed by atoms with Crippen LogP contribution >= 0.6 is 0 Å². The van der Waals surface area contributed by atoms with Gasteiger partial charge in [-0.15, -0.1) is 0 Å². The van der Waals surface area contributed by atoms with Gasteiger partial charge in [0.25, 0.3) is 0 Å². The van der Waals surface area contributed by atoms with Crippen molar-refractivity contribution in [3.8, 4) is 0 Å². The second-order valence-corrected chi connectivity index (χ2v) is 4.38. The predicted octanol–water partition coefficient (Wildman–Crippen LogP) is 1.99. The Morgan fingerprint density at radius 3 is 2.37 bits per heavy atom. The molecule has 0 spiro atoms. The molecule has 0 heterocycles. The lowest BCUT2D eigenvalue weighted by Gasteiger charge is -2.14. The van der Waals surface area contributed by atoms with E-state index in [0.29, 0.717) is 19.7 Å². The van der Waals surface area contributed by atoms with E-state index in [4.69, 9.17) is 4.74 Å². The number of amides is 1. The molecule has 0 saturated heterocycles. The van der Waals surface area contributed by atoms with Crippen molar-refractivity contribution in [3.05, 3.63) is 29.3 Å². The van der Waals surface area contributed by atoms with Crippen LogP contribution in [0, 0.1) is 0 Å². The van der Waals surface area contributed by atoms with E-state index in [1.165, 1.54) is 11.1 Å². The van der Waals surface area contributed by atoms with Gasteiger partial charge in [-0.1, -0.05) is 32.0 Å². The molecular formula is C15H24N2O2. The SMILES string of the molecule is CCc1cccc(CC)c1NC(=O)CNCCOC. The van der Waals surface area contributed by atoms with Crippen molar-refractivity contribution in [2.45, 2.75) is 26.7 Å². The van der Waals surface area contributed by atoms with Crippen molar-refractivity contribution < 1.29 is 9.53 Å². The van der Waals surface area contributed by atoms with Crippen molar-refractivity contribution in [1.82, 2.24) is 5.32 Å². The average molecular weight is 264 g/mol. The molecule has 1 rings (SSSR count). The van der Waals surface area contributed by atoms with Crippen LogP contribution in [0.25, 0.3) is 0 Å². The van der Waals surface area contributed by atoms with Crippen LogP contribution in [0.1, 0.15) is 25.0 Å². The van der Waals surface area contributed by atoms with Crippen LogP contribution in [0.3, 0.4) is 0 Å². The summed E-state index contributed by atoms with van der Waals surface area (Å²) >= 11 is 0. The Balaban J connectivity index is 2.62. The van der Waals surface area contributed by atoms with Crippen LogP contribution < -0.4 is 10.6 Å². The monoisotopic (exact) mass is 264 g/mol. The molecule has 2 N–H and O–H groups in total. The maximum atomic E-state index is 11.9. The van der Waals surface area contributed by atoms with E-state index in [1.54, 1.807) is 7.11 Å². The zero-order valence-electron chi connectivity index (χ0n) is 12.1. The molecule has 1 aromatic rings. The molecule has 106 valence electrons. The molecular weight excluding hydrogens is 240 g/mol. The summed E-state index contributed by atoms with van der Waals surface area (Å²) in [6, 6.07) is 6.17. The van der Waals surface area contributed by atoms with Gasteiger partial charge in [-0.05, 0) is 24.0 Å². The third-order valence-electron chi connectivity index (χ3n) is 3.03. The fraction of sp³-hybridized carbons (Fsp3) is 0.533. The number of carbonyl (C=O) groups is 1. The lowest BCUT2D eigenvalue weighted by molar-refractivity contribution is -0.115. The van der Waals surface area contributed by atoms with Gasteiger partial charge in [0.15, 0.2) is 0 Å². The van der Waals surface area contributed by atoms with Gasteiger partial charge in [0.05, 0.1) is 13.2 Å². The quantitative estimate of drug-likeness (QED) is 0.706. The molecule has 0 unspecified atom stereocenters. The van der Waals surface area contributed by atoms with E-state index in [-0.39, 0.29) is 5.91 Å². The number of hydrogen-bond acceptors (Lipinski definition) is 3. The van der Waals surface area contributed by atoms with Gasteiger partial charge in [-0.3, -0.25) is 4.79 Å². The molecule has 1 amide bonds. The Labute approximate surface area is 115 Å². The highest BCUT2D eigenvalue weighted by atomic mass is 16.5. The highest BCUT2D eigenvalue weighted by Crippen LogP contribution is 2.22. The first kappa shape index (κ1) is 15.7. The van der Waals surface area contributed by atoms with Gasteiger partial charge in [0.2, 0.25) is 5.91 Å². The minimum absolute atomic E-state index is 0.00768. The lowest BCUT2D eigenvalue weighted by atomic mass is 10.0. The van der Waals surface area contributed by atoms with Crippen LogP contribution in [0.15, 0.2) is 18.2 Å². The van der Waals surface area contributed by atoms with Crippen molar-refractivity contribution in [3.63, 3.8) is 0 Å². The first-order chi connectivity index (χ1) is 9.22. The zero-order chi connectivity index (χ0) is 14.1. The van der Waals surface area contributed by atoms with Crippen LogP contribution in [0.4, 0.5) is 5.69 Å². The molecule has 4 heteroatoms. The Morgan fingerprint density at radius 2 is 1.84 bits per heavy atom. The molecule has 0 radical (unpaired) electrons. The summed E-state index contributed by atoms with van der Waals surface area (Å²) in [6.07, 6.45) is 1.83. The van der Waals surface area contributed by atoms with Crippen LogP contribution in [-0.2, 0) is 22.4 Å². The van der Waals surface area contributed by atoms with Crippen LogP contribution in [0.5, 0.6) is 0 Å². The third-order valence-corrected chi connectivity index (χ3v) is 3.03. The summed E-state index contributed by atoms with van der Waals surface area (Å²) in [5.74, 6) is -0.00768. The third kappa shape index (κ3) is 5.01. The normalized spacial score (nSPS) is 10.5. The maximum Gasteiger partial charge on any atom is 0.238 e. The fourth-order valence-electron chi connectivity index (χ4n) is 1.96. The fourth-order valence-corrected chi connectivity index (χ4v) is 1.96. The molecule has 0 aliphatic carbocycles. The van der Waals surface area contributed by atoms with Gasteiger partial charge in [0.1, 0.15) is 0 Å². The minimum Gasteiger partial charge on any atom is -0.383 e. The van der Waals surface area contributed by atoms with Gasteiger partial charge in [0, 0.05) is 19.3 Å². The molecule has 0 aliphatic heterocycles. The molecule has 0 aromatic heterocycles. The zero-order valence-corrected chi connectivity index (χ0v) is 12.1. The molecule has 0 saturated carbocycles. The van der Waals surface area contributed by atoms with Crippen molar-refractivity contribution in [2.75, 3.05) is 32.1 Å². The number of anilines is 1. The number of benzene rings is 1. The van der Waals surface area contributed by atoms with Crippen LogP contribution in [0.2, 0.25) is 0 Å². The predicted molar refractivity (Wildman–Crippen MR) is 78.6 cm³/mol. The van der Waals surface area contributed by atoms with Gasteiger partial charge < -0.3 is 15.4 Å². The van der Waals surface area contributed by atoms with E-state index in [9.17, 15) is 4.79 Å². The average Bonchev–Trinajstić information content (AvgIpc) is 2.43. The highest BCUT2D eigenvalue weighted by Gasteiger charge is 2.09. The van der Waals surface area contributed by atoms with E-state index >= 15 is 0 Å². The Kier molecular flexibility index (Phi) is 7.15. The molecule has 0 atom stereocenters. The van der Waals surface area contributed by atoms with E-state index < -0.39 is 0 Å².